The second-order valence-corrected chi connectivity index (χ2v) is 13.0. The van der Waals surface area contributed by atoms with Crippen LogP contribution in [-0.4, -0.2) is 43.8 Å². The molecule has 4 rings (SSSR count). The Morgan fingerprint density at radius 3 is 2.29 bits per heavy atom. The molecule has 0 spiro atoms. The number of anilines is 1. The molecule has 41 heavy (non-hydrogen) atoms. The molecule has 0 radical (unpaired) electrons. The van der Waals surface area contributed by atoms with E-state index in [1.807, 2.05) is 19.9 Å². The van der Waals surface area contributed by atoms with E-state index in [4.69, 9.17) is 23.2 Å². The van der Waals surface area contributed by atoms with Crippen molar-refractivity contribution >= 4 is 50.7 Å². The number of halogens is 2. The summed E-state index contributed by atoms with van der Waals surface area (Å²) < 4.78 is 28.9. The summed E-state index contributed by atoms with van der Waals surface area (Å²) in [5.74, 6) is -0.758. The Morgan fingerprint density at radius 1 is 0.951 bits per heavy atom. The van der Waals surface area contributed by atoms with Crippen LogP contribution in [0.5, 0.6) is 0 Å². The molecular weight excluding hydrogens is 581 g/mol. The molecule has 218 valence electrons. The average molecular weight is 617 g/mol. The fraction of sp³-hybridized carbons (Fsp3) is 0.355. The van der Waals surface area contributed by atoms with Crippen molar-refractivity contribution in [2.24, 2.45) is 0 Å². The molecule has 10 heteroatoms. The Hall–Kier alpha value is -3.07. The highest BCUT2D eigenvalue weighted by molar-refractivity contribution is 7.92. The molecule has 1 aliphatic carbocycles. The van der Waals surface area contributed by atoms with E-state index in [-0.39, 0.29) is 23.4 Å². The number of carbonyl (C=O) groups excluding carboxylic acids is 2. The van der Waals surface area contributed by atoms with Crippen molar-refractivity contribution in [2.45, 2.75) is 69.5 Å². The second kappa shape index (κ2) is 13.7. The normalized spacial score (nSPS) is 14.4. The Labute approximate surface area is 252 Å². The standard InChI is InChI=1S/C31H35Cl2N3O4S/c1-3-29(31(38)34-24-11-7-8-12-24)35(20-23-16-17-27(32)28(33)19-23)30(37)21-36(25-13-9-10-22(2)18-25)41(39,40)26-14-5-4-6-15-26/h4-6,9-10,13-19,24,29H,3,7-8,11-12,20-21H2,1-2H3,(H,34,38)/t29-/m0/s1. The van der Waals surface area contributed by atoms with Crippen molar-refractivity contribution in [1.82, 2.24) is 10.2 Å². The van der Waals surface area contributed by atoms with Gasteiger partial charge in [0.15, 0.2) is 0 Å². The number of sulfonamides is 1. The van der Waals surface area contributed by atoms with Crippen LogP contribution in [0, 0.1) is 6.92 Å². The van der Waals surface area contributed by atoms with Crippen molar-refractivity contribution < 1.29 is 18.0 Å². The molecule has 0 bridgehead atoms. The van der Waals surface area contributed by atoms with Crippen molar-refractivity contribution in [3.63, 3.8) is 0 Å². The van der Waals surface area contributed by atoms with Crippen LogP contribution >= 0.6 is 23.2 Å². The smallest absolute Gasteiger partial charge is 0.264 e. The maximum absolute atomic E-state index is 14.2. The van der Waals surface area contributed by atoms with Gasteiger partial charge >= 0.3 is 0 Å². The minimum atomic E-state index is -4.11. The molecule has 1 aliphatic rings. The molecule has 3 aromatic carbocycles. The number of hydrogen-bond donors (Lipinski definition) is 1. The van der Waals surface area contributed by atoms with Crippen molar-refractivity contribution in [3.05, 3.63) is 94.0 Å². The third-order valence-electron chi connectivity index (χ3n) is 7.32. The average Bonchev–Trinajstić information content (AvgIpc) is 3.46. The maximum Gasteiger partial charge on any atom is 0.264 e. The molecule has 1 N–H and O–H groups in total. The van der Waals surface area contributed by atoms with Crippen LogP contribution < -0.4 is 9.62 Å². The van der Waals surface area contributed by atoms with E-state index in [2.05, 4.69) is 5.32 Å². The highest BCUT2D eigenvalue weighted by Gasteiger charge is 2.34. The monoisotopic (exact) mass is 615 g/mol. The Kier molecular flexibility index (Phi) is 10.3. The van der Waals surface area contributed by atoms with Crippen LogP contribution in [0.4, 0.5) is 5.69 Å². The lowest BCUT2D eigenvalue weighted by molar-refractivity contribution is -0.140. The molecule has 1 saturated carbocycles. The first kappa shape index (κ1) is 30.9. The van der Waals surface area contributed by atoms with E-state index in [9.17, 15) is 18.0 Å². The quantitative estimate of drug-likeness (QED) is 0.272. The van der Waals surface area contributed by atoms with E-state index in [1.165, 1.54) is 17.0 Å². The predicted molar refractivity (Wildman–Crippen MR) is 164 cm³/mol. The molecular formula is C31H35Cl2N3O4S. The second-order valence-electron chi connectivity index (χ2n) is 10.3. The van der Waals surface area contributed by atoms with E-state index in [0.29, 0.717) is 27.7 Å². The van der Waals surface area contributed by atoms with Crippen LogP contribution in [0.15, 0.2) is 77.7 Å². The summed E-state index contributed by atoms with van der Waals surface area (Å²) >= 11 is 12.4. The van der Waals surface area contributed by atoms with Gasteiger partial charge in [0, 0.05) is 12.6 Å². The summed E-state index contributed by atoms with van der Waals surface area (Å²) in [6.45, 7) is 3.26. The molecule has 2 amide bonds. The number of rotatable bonds is 11. The molecule has 1 fully saturated rings. The van der Waals surface area contributed by atoms with Crippen molar-refractivity contribution in [1.29, 1.82) is 0 Å². The van der Waals surface area contributed by atoms with E-state index in [0.717, 1.165) is 35.6 Å². The Bertz CT molecular complexity index is 1480. The molecule has 0 aliphatic heterocycles. The van der Waals surface area contributed by atoms with Gasteiger partial charge in [0.2, 0.25) is 11.8 Å². The van der Waals surface area contributed by atoms with Gasteiger partial charge in [-0.15, -0.1) is 0 Å². The summed E-state index contributed by atoms with van der Waals surface area (Å²) in [6, 6.07) is 19.3. The summed E-state index contributed by atoms with van der Waals surface area (Å²) in [6.07, 6.45) is 4.26. The zero-order chi connectivity index (χ0) is 29.6. The zero-order valence-corrected chi connectivity index (χ0v) is 25.6. The highest BCUT2D eigenvalue weighted by Crippen LogP contribution is 2.27. The van der Waals surface area contributed by atoms with Gasteiger partial charge in [0.1, 0.15) is 12.6 Å². The van der Waals surface area contributed by atoms with Gasteiger partial charge in [-0.3, -0.25) is 13.9 Å². The lowest BCUT2D eigenvalue weighted by Crippen LogP contribution is -2.53. The van der Waals surface area contributed by atoms with Gasteiger partial charge in [-0.1, -0.05) is 79.4 Å². The summed E-state index contributed by atoms with van der Waals surface area (Å²) in [5.41, 5.74) is 1.88. The number of amides is 2. The number of aryl methyl sites for hydroxylation is 1. The van der Waals surface area contributed by atoms with Crippen LogP contribution in [0.3, 0.4) is 0 Å². The van der Waals surface area contributed by atoms with E-state index in [1.54, 1.807) is 54.6 Å². The SMILES string of the molecule is CC[C@@H](C(=O)NC1CCCC1)N(Cc1ccc(Cl)c(Cl)c1)C(=O)CN(c1cccc(C)c1)S(=O)(=O)c1ccccc1. The van der Waals surface area contributed by atoms with Gasteiger partial charge < -0.3 is 10.2 Å². The molecule has 0 aromatic heterocycles. The molecule has 0 saturated heterocycles. The van der Waals surface area contributed by atoms with Gasteiger partial charge in [-0.05, 0) is 73.7 Å². The number of carbonyl (C=O) groups is 2. The van der Waals surface area contributed by atoms with E-state index >= 15 is 0 Å². The highest BCUT2D eigenvalue weighted by atomic mass is 35.5. The van der Waals surface area contributed by atoms with Crippen LogP contribution in [-0.2, 0) is 26.2 Å². The first-order chi connectivity index (χ1) is 19.6. The largest absolute Gasteiger partial charge is 0.352 e. The lowest BCUT2D eigenvalue weighted by atomic mass is 10.1. The fourth-order valence-electron chi connectivity index (χ4n) is 5.15. The Balaban J connectivity index is 1.72. The third-order valence-corrected chi connectivity index (χ3v) is 9.85. The first-order valence-corrected chi connectivity index (χ1v) is 16.0. The fourth-order valence-corrected chi connectivity index (χ4v) is 6.90. The predicted octanol–water partition coefficient (Wildman–Crippen LogP) is 6.36. The third kappa shape index (κ3) is 7.61. The molecule has 7 nitrogen and oxygen atoms in total. The summed E-state index contributed by atoms with van der Waals surface area (Å²) in [4.78, 5) is 29.2. The number of nitrogens with zero attached hydrogens (tertiary/aromatic N) is 2. The number of nitrogens with one attached hydrogen (secondary N) is 1. The van der Waals surface area contributed by atoms with Crippen molar-refractivity contribution in [2.75, 3.05) is 10.8 Å². The minimum Gasteiger partial charge on any atom is -0.352 e. The number of benzene rings is 3. The topological polar surface area (TPSA) is 86.8 Å². The Morgan fingerprint density at radius 2 is 1.66 bits per heavy atom. The minimum absolute atomic E-state index is 0.0549. The van der Waals surface area contributed by atoms with Crippen LogP contribution in [0.25, 0.3) is 0 Å². The number of hydrogen-bond acceptors (Lipinski definition) is 4. The molecule has 3 aromatic rings. The molecule has 1 atom stereocenters. The molecule has 0 heterocycles. The van der Waals surface area contributed by atoms with Crippen LogP contribution in [0.1, 0.15) is 50.2 Å². The van der Waals surface area contributed by atoms with E-state index < -0.39 is 28.5 Å². The summed E-state index contributed by atoms with van der Waals surface area (Å²) in [7, 11) is -4.11. The maximum atomic E-state index is 14.2. The van der Waals surface area contributed by atoms with Gasteiger partial charge in [-0.25, -0.2) is 8.42 Å². The van der Waals surface area contributed by atoms with Gasteiger partial charge in [0.25, 0.3) is 10.0 Å². The summed E-state index contributed by atoms with van der Waals surface area (Å²) in [5, 5.41) is 3.81. The first-order valence-electron chi connectivity index (χ1n) is 13.8. The lowest BCUT2D eigenvalue weighted by Gasteiger charge is -2.34. The van der Waals surface area contributed by atoms with Gasteiger partial charge in [-0.2, -0.15) is 0 Å². The zero-order valence-electron chi connectivity index (χ0n) is 23.2. The van der Waals surface area contributed by atoms with Crippen LogP contribution in [0.2, 0.25) is 10.0 Å². The van der Waals surface area contributed by atoms with Gasteiger partial charge in [0.05, 0.1) is 20.6 Å². The molecule has 0 unspecified atom stereocenters. The van der Waals surface area contributed by atoms with Crippen molar-refractivity contribution in [3.8, 4) is 0 Å².